The first-order valence-corrected chi connectivity index (χ1v) is 8.11. The van der Waals surface area contributed by atoms with E-state index in [4.69, 9.17) is 0 Å². The van der Waals surface area contributed by atoms with E-state index in [2.05, 4.69) is 0 Å². The molecule has 0 amide bonds. The van der Waals surface area contributed by atoms with Gasteiger partial charge in [0, 0.05) is 33.8 Å². The molecular weight excluding hydrogens is 244 g/mol. The maximum Gasteiger partial charge on any atom is 0.162 e. The number of Topliss-reactive ketones (excluding diaryl/α,β-unsaturated/α-hetero) is 1. The van der Waals surface area contributed by atoms with Crippen LogP contribution in [0.2, 0.25) is 0 Å². The molecule has 1 unspecified atom stereocenters. The van der Waals surface area contributed by atoms with Gasteiger partial charge in [-0.25, -0.2) is 0 Å². The van der Waals surface area contributed by atoms with E-state index in [1.54, 1.807) is 0 Å². The van der Waals surface area contributed by atoms with Gasteiger partial charge in [-0.1, -0.05) is 43.2 Å². The first kappa shape index (κ1) is 13.5. The van der Waals surface area contributed by atoms with Crippen LogP contribution in [-0.4, -0.2) is 21.0 Å². The smallest absolute Gasteiger partial charge is 0.162 e. The van der Waals surface area contributed by atoms with Crippen molar-refractivity contribution in [2.75, 3.05) is 5.75 Å². The van der Waals surface area contributed by atoms with E-state index in [1.807, 2.05) is 30.3 Å². The second-order valence-electron chi connectivity index (χ2n) is 4.88. The zero-order valence-electron chi connectivity index (χ0n) is 10.6. The van der Waals surface area contributed by atoms with Gasteiger partial charge in [-0.2, -0.15) is 0 Å². The van der Waals surface area contributed by atoms with Gasteiger partial charge in [0.15, 0.2) is 5.78 Å². The quantitative estimate of drug-likeness (QED) is 0.738. The van der Waals surface area contributed by atoms with Gasteiger partial charge in [0.2, 0.25) is 0 Å². The Hall–Kier alpha value is -0.960. The summed E-state index contributed by atoms with van der Waals surface area (Å²) in [4.78, 5) is 11.8. The van der Waals surface area contributed by atoms with E-state index in [-0.39, 0.29) is 5.78 Å². The maximum absolute atomic E-state index is 12.0. The number of hydrogen-bond acceptors (Lipinski definition) is 2. The number of rotatable bonds is 6. The number of ketones is 1. The van der Waals surface area contributed by atoms with Gasteiger partial charge in [0.05, 0.1) is 0 Å². The second kappa shape index (κ2) is 6.83. The van der Waals surface area contributed by atoms with Crippen molar-refractivity contribution in [3.63, 3.8) is 0 Å². The summed E-state index contributed by atoms with van der Waals surface area (Å²) in [6, 6.07) is 9.35. The molecule has 1 aromatic rings. The normalized spacial score (nSPS) is 17.8. The molecule has 0 spiro atoms. The van der Waals surface area contributed by atoms with Crippen molar-refractivity contribution in [1.82, 2.24) is 0 Å². The van der Waals surface area contributed by atoms with E-state index in [0.29, 0.717) is 17.4 Å². The number of benzene rings is 1. The van der Waals surface area contributed by atoms with Gasteiger partial charge >= 0.3 is 0 Å². The highest BCUT2D eigenvalue weighted by atomic mass is 32.2. The lowest BCUT2D eigenvalue weighted by Crippen LogP contribution is -2.14. The standard InChI is InChI=1S/C15H20O2S/c16-15(13-7-2-1-3-8-13)11-6-12-18(17)14-9-4-5-10-14/h1-3,7-8,14H,4-6,9-12H2. The fraction of sp³-hybridized carbons (Fsp3) is 0.533. The molecule has 1 fully saturated rings. The summed E-state index contributed by atoms with van der Waals surface area (Å²) in [5, 5.41) is 0.400. The number of carbonyl (C=O) groups is 1. The summed E-state index contributed by atoms with van der Waals surface area (Å²) in [6.07, 6.45) is 5.93. The molecular formula is C15H20O2S. The molecule has 1 aliphatic rings. The Morgan fingerprint density at radius 3 is 2.50 bits per heavy atom. The first-order valence-electron chi connectivity index (χ1n) is 6.73. The van der Waals surface area contributed by atoms with Gasteiger partial charge in [-0.05, 0) is 19.3 Å². The minimum absolute atomic E-state index is 0.166. The average molecular weight is 264 g/mol. The topological polar surface area (TPSA) is 34.1 Å². The van der Waals surface area contributed by atoms with E-state index >= 15 is 0 Å². The van der Waals surface area contributed by atoms with Gasteiger partial charge in [-0.15, -0.1) is 0 Å². The Bertz CT molecular complexity index is 408. The van der Waals surface area contributed by atoms with Crippen LogP contribution in [0, 0.1) is 0 Å². The Balaban J connectivity index is 1.72. The third kappa shape index (κ3) is 3.77. The highest BCUT2D eigenvalue weighted by Gasteiger charge is 2.20. The minimum atomic E-state index is -0.720. The minimum Gasteiger partial charge on any atom is -0.294 e. The lowest BCUT2D eigenvalue weighted by molar-refractivity contribution is 0.0982. The molecule has 0 heterocycles. The van der Waals surface area contributed by atoms with Crippen molar-refractivity contribution < 1.29 is 9.00 Å². The maximum atomic E-state index is 12.0. The van der Waals surface area contributed by atoms with Gasteiger partial charge < -0.3 is 0 Å². The molecule has 0 aliphatic heterocycles. The summed E-state index contributed by atoms with van der Waals surface area (Å²) in [5.41, 5.74) is 0.768. The average Bonchev–Trinajstić information content (AvgIpc) is 2.93. The van der Waals surface area contributed by atoms with Gasteiger partial charge in [-0.3, -0.25) is 9.00 Å². The van der Waals surface area contributed by atoms with Gasteiger partial charge in [0.1, 0.15) is 0 Å². The molecule has 18 heavy (non-hydrogen) atoms. The van der Waals surface area contributed by atoms with Crippen molar-refractivity contribution in [2.24, 2.45) is 0 Å². The molecule has 0 saturated heterocycles. The van der Waals surface area contributed by atoms with E-state index < -0.39 is 10.8 Å². The monoisotopic (exact) mass is 264 g/mol. The van der Waals surface area contributed by atoms with Crippen molar-refractivity contribution in [2.45, 2.75) is 43.8 Å². The summed E-state index contributed by atoms with van der Waals surface area (Å²) >= 11 is 0. The third-order valence-electron chi connectivity index (χ3n) is 3.52. The van der Waals surface area contributed by atoms with E-state index in [1.165, 1.54) is 12.8 Å². The fourth-order valence-corrected chi connectivity index (χ4v) is 4.08. The molecule has 0 aromatic heterocycles. The van der Waals surface area contributed by atoms with Crippen LogP contribution in [-0.2, 0) is 10.8 Å². The van der Waals surface area contributed by atoms with Crippen molar-refractivity contribution in [3.05, 3.63) is 35.9 Å². The van der Waals surface area contributed by atoms with E-state index in [9.17, 15) is 9.00 Å². The highest BCUT2D eigenvalue weighted by molar-refractivity contribution is 7.85. The molecule has 2 nitrogen and oxygen atoms in total. The third-order valence-corrected chi connectivity index (χ3v) is 5.43. The molecule has 2 rings (SSSR count). The van der Waals surface area contributed by atoms with Crippen molar-refractivity contribution in [3.8, 4) is 0 Å². The van der Waals surface area contributed by atoms with Crippen molar-refractivity contribution >= 4 is 16.6 Å². The highest BCUT2D eigenvalue weighted by Crippen LogP contribution is 2.23. The number of carbonyl (C=O) groups excluding carboxylic acids is 1. The summed E-state index contributed by atoms with van der Waals surface area (Å²) in [6.45, 7) is 0. The van der Waals surface area contributed by atoms with Crippen LogP contribution in [0.5, 0.6) is 0 Å². The number of hydrogen-bond donors (Lipinski definition) is 0. The zero-order valence-corrected chi connectivity index (χ0v) is 11.5. The van der Waals surface area contributed by atoms with Crippen molar-refractivity contribution in [1.29, 1.82) is 0 Å². The van der Waals surface area contributed by atoms with Crippen LogP contribution in [0.1, 0.15) is 48.9 Å². The Kier molecular flexibility index (Phi) is 5.12. The fourth-order valence-electron chi connectivity index (χ4n) is 2.46. The van der Waals surface area contributed by atoms with Gasteiger partial charge in [0.25, 0.3) is 0 Å². The molecule has 0 radical (unpaired) electrons. The Morgan fingerprint density at radius 1 is 1.17 bits per heavy atom. The van der Waals surface area contributed by atoms with Crippen LogP contribution in [0.3, 0.4) is 0 Å². The molecule has 0 N–H and O–H groups in total. The predicted molar refractivity (Wildman–Crippen MR) is 75.3 cm³/mol. The van der Waals surface area contributed by atoms with Crippen LogP contribution in [0.15, 0.2) is 30.3 Å². The lowest BCUT2D eigenvalue weighted by atomic mass is 10.1. The first-order chi connectivity index (χ1) is 8.77. The zero-order chi connectivity index (χ0) is 12.8. The SMILES string of the molecule is O=C(CCCS(=O)C1CCCC1)c1ccccc1. The summed E-state index contributed by atoms with van der Waals surface area (Å²) in [5.74, 6) is 0.850. The van der Waals surface area contributed by atoms with Crippen LogP contribution >= 0.6 is 0 Å². The second-order valence-corrected chi connectivity index (χ2v) is 6.72. The molecule has 1 aliphatic carbocycles. The Labute approximate surface area is 111 Å². The molecule has 3 heteroatoms. The summed E-state index contributed by atoms with van der Waals surface area (Å²) < 4.78 is 12.0. The van der Waals surface area contributed by atoms with Crippen LogP contribution < -0.4 is 0 Å². The van der Waals surface area contributed by atoms with Crippen LogP contribution in [0.25, 0.3) is 0 Å². The summed E-state index contributed by atoms with van der Waals surface area (Å²) in [7, 11) is -0.720. The molecule has 0 bridgehead atoms. The predicted octanol–water partition coefficient (Wildman–Crippen LogP) is 3.34. The molecule has 1 aromatic carbocycles. The molecule has 1 atom stereocenters. The molecule has 98 valence electrons. The van der Waals surface area contributed by atoms with Crippen LogP contribution in [0.4, 0.5) is 0 Å². The Morgan fingerprint density at radius 2 is 1.83 bits per heavy atom. The van der Waals surface area contributed by atoms with E-state index in [0.717, 1.165) is 24.8 Å². The lowest BCUT2D eigenvalue weighted by Gasteiger charge is -2.08. The molecule has 1 saturated carbocycles. The largest absolute Gasteiger partial charge is 0.294 e.